The summed E-state index contributed by atoms with van der Waals surface area (Å²) >= 11 is 0. The number of aryl methyl sites for hydroxylation is 2. The van der Waals surface area contributed by atoms with E-state index in [0.29, 0.717) is 12.8 Å². The van der Waals surface area contributed by atoms with Crippen LogP contribution in [0.4, 0.5) is 4.39 Å². The van der Waals surface area contributed by atoms with Gasteiger partial charge in [0, 0.05) is 6.42 Å². The maximum atomic E-state index is 12.9. The molecule has 2 aromatic carbocycles. The maximum absolute atomic E-state index is 12.9. The van der Waals surface area contributed by atoms with Crippen molar-refractivity contribution < 1.29 is 13.9 Å². The number of halogens is 1. The van der Waals surface area contributed by atoms with E-state index in [4.69, 9.17) is 4.74 Å². The van der Waals surface area contributed by atoms with Gasteiger partial charge in [0.1, 0.15) is 11.6 Å². The van der Waals surface area contributed by atoms with Crippen LogP contribution < -0.4 is 10.1 Å². The molecule has 0 fully saturated rings. The van der Waals surface area contributed by atoms with Crippen molar-refractivity contribution in [2.24, 2.45) is 0 Å². The molecule has 0 aromatic heterocycles. The van der Waals surface area contributed by atoms with Crippen LogP contribution >= 0.6 is 0 Å². The average Bonchev–Trinajstić information content (AvgIpc) is 2.59. The molecule has 2 rings (SSSR count). The summed E-state index contributed by atoms with van der Waals surface area (Å²) in [5, 5.41) is 3.08. The normalized spacial score (nSPS) is 11.8. The zero-order valence-electron chi connectivity index (χ0n) is 14.4. The predicted octanol–water partition coefficient (Wildman–Crippen LogP) is 4.34. The van der Waals surface area contributed by atoms with E-state index in [0.717, 1.165) is 28.9 Å². The lowest BCUT2D eigenvalue weighted by atomic mass is 10.0. The van der Waals surface area contributed by atoms with Gasteiger partial charge in [-0.15, -0.1) is 0 Å². The standard InChI is InChI=1S/C20H24FNO2/c1-4-18(16-8-11-19(24-3)14(2)13-16)22-20(23)12-7-15-5-9-17(21)10-6-15/h5-6,8-11,13,18H,4,7,12H2,1-3H3,(H,22,23). The van der Waals surface area contributed by atoms with Gasteiger partial charge in [-0.05, 0) is 54.7 Å². The van der Waals surface area contributed by atoms with Crippen LogP contribution in [0.2, 0.25) is 0 Å². The van der Waals surface area contributed by atoms with Gasteiger partial charge in [-0.1, -0.05) is 31.2 Å². The Morgan fingerprint density at radius 1 is 1.21 bits per heavy atom. The first-order valence-electron chi connectivity index (χ1n) is 8.21. The van der Waals surface area contributed by atoms with Gasteiger partial charge in [0.25, 0.3) is 0 Å². The smallest absolute Gasteiger partial charge is 0.220 e. The third kappa shape index (κ3) is 4.82. The quantitative estimate of drug-likeness (QED) is 0.820. The fourth-order valence-corrected chi connectivity index (χ4v) is 2.71. The Morgan fingerprint density at radius 2 is 1.92 bits per heavy atom. The molecule has 128 valence electrons. The molecule has 24 heavy (non-hydrogen) atoms. The number of benzene rings is 2. The molecular formula is C20H24FNO2. The highest BCUT2D eigenvalue weighted by Crippen LogP contribution is 2.24. The van der Waals surface area contributed by atoms with Gasteiger partial charge in [0.05, 0.1) is 13.2 Å². The summed E-state index contributed by atoms with van der Waals surface area (Å²) in [5.74, 6) is 0.583. The molecule has 2 aromatic rings. The Morgan fingerprint density at radius 3 is 2.50 bits per heavy atom. The molecule has 3 nitrogen and oxygen atoms in total. The Balaban J connectivity index is 1.95. The van der Waals surface area contributed by atoms with Crippen LogP contribution in [-0.2, 0) is 11.2 Å². The SMILES string of the molecule is CCC(NC(=O)CCc1ccc(F)cc1)c1ccc(OC)c(C)c1. The van der Waals surface area contributed by atoms with E-state index in [1.54, 1.807) is 19.2 Å². The highest BCUT2D eigenvalue weighted by atomic mass is 19.1. The number of methoxy groups -OCH3 is 1. The lowest BCUT2D eigenvalue weighted by Gasteiger charge is -2.19. The van der Waals surface area contributed by atoms with Gasteiger partial charge >= 0.3 is 0 Å². The fourth-order valence-electron chi connectivity index (χ4n) is 2.71. The van der Waals surface area contributed by atoms with Crippen molar-refractivity contribution in [3.8, 4) is 5.75 Å². The minimum atomic E-state index is -0.260. The van der Waals surface area contributed by atoms with Crippen LogP contribution in [-0.4, -0.2) is 13.0 Å². The molecule has 0 aliphatic rings. The monoisotopic (exact) mass is 329 g/mol. The zero-order valence-corrected chi connectivity index (χ0v) is 14.4. The van der Waals surface area contributed by atoms with Crippen molar-refractivity contribution in [1.82, 2.24) is 5.32 Å². The number of hydrogen-bond donors (Lipinski definition) is 1. The largest absolute Gasteiger partial charge is 0.496 e. The van der Waals surface area contributed by atoms with Gasteiger partial charge in [-0.2, -0.15) is 0 Å². The summed E-state index contributed by atoms with van der Waals surface area (Å²) < 4.78 is 18.2. The highest BCUT2D eigenvalue weighted by Gasteiger charge is 2.14. The van der Waals surface area contributed by atoms with Crippen LogP contribution in [0.5, 0.6) is 5.75 Å². The van der Waals surface area contributed by atoms with Crippen molar-refractivity contribution >= 4 is 5.91 Å². The molecule has 1 amide bonds. The third-order valence-corrected chi connectivity index (χ3v) is 4.12. The predicted molar refractivity (Wildman–Crippen MR) is 93.6 cm³/mol. The molecule has 0 spiro atoms. The first-order chi connectivity index (χ1) is 11.5. The van der Waals surface area contributed by atoms with Gasteiger partial charge in [-0.3, -0.25) is 4.79 Å². The van der Waals surface area contributed by atoms with Gasteiger partial charge < -0.3 is 10.1 Å². The molecule has 4 heteroatoms. The van der Waals surface area contributed by atoms with E-state index in [-0.39, 0.29) is 17.8 Å². The average molecular weight is 329 g/mol. The van der Waals surface area contributed by atoms with E-state index in [2.05, 4.69) is 5.32 Å². The Labute approximate surface area is 142 Å². The van der Waals surface area contributed by atoms with E-state index < -0.39 is 0 Å². The number of rotatable bonds is 7. The third-order valence-electron chi connectivity index (χ3n) is 4.12. The van der Waals surface area contributed by atoms with E-state index in [1.165, 1.54) is 12.1 Å². The Kier molecular flexibility index (Phi) is 6.36. The Bertz CT molecular complexity index is 683. The van der Waals surface area contributed by atoms with Crippen molar-refractivity contribution in [1.29, 1.82) is 0 Å². The number of hydrogen-bond acceptors (Lipinski definition) is 2. The second-order valence-electron chi connectivity index (χ2n) is 5.88. The lowest BCUT2D eigenvalue weighted by molar-refractivity contribution is -0.121. The molecule has 0 saturated carbocycles. The molecule has 0 bridgehead atoms. The first-order valence-corrected chi connectivity index (χ1v) is 8.21. The molecular weight excluding hydrogens is 305 g/mol. The number of carbonyl (C=O) groups excluding carboxylic acids is 1. The summed E-state index contributed by atoms with van der Waals surface area (Å²) in [5.41, 5.74) is 3.08. The topological polar surface area (TPSA) is 38.3 Å². The van der Waals surface area contributed by atoms with E-state index in [9.17, 15) is 9.18 Å². The zero-order chi connectivity index (χ0) is 17.5. The Hall–Kier alpha value is -2.36. The number of amides is 1. The van der Waals surface area contributed by atoms with Crippen molar-refractivity contribution in [2.45, 2.75) is 39.2 Å². The maximum Gasteiger partial charge on any atom is 0.220 e. The number of ether oxygens (including phenoxy) is 1. The van der Waals surface area contributed by atoms with E-state index >= 15 is 0 Å². The van der Waals surface area contributed by atoms with Gasteiger partial charge in [0.15, 0.2) is 0 Å². The summed E-state index contributed by atoms with van der Waals surface area (Å²) in [7, 11) is 1.65. The molecule has 0 radical (unpaired) electrons. The van der Waals surface area contributed by atoms with Crippen LogP contribution in [0.25, 0.3) is 0 Å². The van der Waals surface area contributed by atoms with Crippen molar-refractivity contribution in [3.63, 3.8) is 0 Å². The van der Waals surface area contributed by atoms with Crippen LogP contribution in [0.1, 0.15) is 42.5 Å². The minimum absolute atomic E-state index is 0.000328. The lowest BCUT2D eigenvalue weighted by Crippen LogP contribution is -2.28. The van der Waals surface area contributed by atoms with Crippen LogP contribution in [0, 0.1) is 12.7 Å². The number of carbonyl (C=O) groups is 1. The minimum Gasteiger partial charge on any atom is -0.496 e. The highest BCUT2D eigenvalue weighted by molar-refractivity contribution is 5.76. The molecule has 0 saturated heterocycles. The molecule has 0 heterocycles. The van der Waals surface area contributed by atoms with Gasteiger partial charge in [-0.25, -0.2) is 4.39 Å². The van der Waals surface area contributed by atoms with Crippen molar-refractivity contribution in [2.75, 3.05) is 7.11 Å². The molecule has 1 N–H and O–H groups in total. The fraction of sp³-hybridized carbons (Fsp3) is 0.350. The molecule has 0 aliphatic carbocycles. The van der Waals surface area contributed by atoms with E-state index in [1.807, 2.05) is 32.0 Å². The molecule has 0 aliphatic heterocycles. The second kappa shape index (κ2) is 8.48. The second-order valence-corrected chi connectivity index (χ2v) is 5.88. The van der Waals surface area contributed by atoms with Crippen LogP contribution in [0.3, 0.4) is 0 Å². The first kappa shape index (κ1) is 18.0. The molecule has 1 unspecified atom stereocenters. The summed E-state index contributed by atoms with van der Waals surface area (Å²) in [6.07, 6.45) is 1.80. The van der Waals surface area contributed by atoms with Gasteiger partial charge in [0.2, 0.25) is 5.91 Å². The van der Waals surface area contributed by atoms with Crippen LogP contribution in [0.15, 0.2) is 42.5 Å². The summed E-state index contributed by atoms with van der Waals surface area (Å²) in [4.78, 5) is 12.2. The number of nitrogens with one attached hydrogen (secondary N) is 1. The molecule has 1 atom stereocenters. The summed E-state index contributed by atoms with van der Waals surface area (Å²) in [6.45, 7) is 4.04. The summed E-state index contributed by atoms with van der Waals surface area (Å²) in [6, 6.07) is 12.2. The van der Waals surface area contributed by atoms with Crippen molar-refractivity contribution in [3.05, 3.63) is 65.0 Å².